The molecule has 0 aromatic rings. The van der Waals surface area contributed by atoms with E-state index in [0.29, 0.717) is 0 Å². The maximum atomic E-state index is 9.38. The molecule has 0 aromatic carbocycles. The van der Waals surface area contributed by atoms with E-state index in [1.165, 1.54) is 45.3 Å². The summed E-state index contributed by atoms with van der Waals surface area (Å²) in [6.07, 6.45) is 6.38. The first kappa shape index (κ1) is 13.9. The molecule has 0 amide bonds. The fourth-order valence-electron chi connectivity index (χ4n) is 2.53. The van der Waals surface area contributed by atoms with E-state index in [0.717, 1.165) is 13.0 Å². The van der Waals surface area contributed by atoms with Crippen molar-refractivity contribution < 1.29 is 5.11 Å². The van der Waals surface area contributed by atoms with Gasteiger partial charge in [-0.15, -0.1) is 0 Å². The van der Waals surface area contributed by atoms with Crippen molar-refractivity contribution in [3.8, 4) is 0 Å². The van der Waals surface area contributed by atoms with Crippen LogP contribution in [0.5, 0.6) is 0 Å². The molecule has 16 heavy (non-hydrogen) atoms. The molecule has 0 aromatic heterocycles. The third kappa shape index (κ3) is 4.81. The van der Waals surface area contributed by atoms with Crippen LogP contribution in [0.15, 0.2) is 0 Å². The molecule has 3 nitrogen and oxygen atoms in total. The third-order valence-corrected chi connectivity index (χ3v) is 3.60. The minimum atomic E-state index is -0.0788. The van der Waals surface area contributed by atoms with Gasteiger partial charge in [-0.05, 0) is 58.8 Å². The average Bonchev–Trinajstić information content (AvgIpc) is 2.31. The molecular weight excluding hydrogens is 200 g/mol. The Morgan fingerprint density at radius 3 is 2.50 bits per heavy atom. The Kier molecular flexibility index (Phi) is 6.32. The van der Waals surface area contributed by atoms with E-state index in [1.807, 2.05) is 0 Å². The third-order valence-electron chi connectivity index (χ3n) is 3.60. The fourth-order valence-corrected chi connectivity index (χ4v) is 2.53. The van der Waals surface area contributed by atoms with Crippen molar-refractivity contribution in [2.24, 2.45) is 0 Å². The molecular formula is C13H28N2O. The number of hydrogen-bond acceptors (Lipinski definition) is 3. The average molecular weight is 228 g/mol. The molecule has 1 heterocycles. The standard InChI is InChI=1S/C13H28N2O/c1-3-14-13(2,12-16)8-7-11-15-9-5-4-6-10-15/h14,16H,3-12H2,1-2H3. The number of likely N-dealkylation sites (N-methyl/N-ethyl adjacent to an activating group) is 1. The molecule has 2 N–H and O–H groups in total. The summed E-state index contributed by atoms with van der Waals surface area (Å²) in [5, 5.41) is 12.8. The molecule has 1 atom stereocenters. The van der Waals surface area contributed by atoms with Crippen LogP contribution in [-0.2, 0) is 0 Å². The second kappa shape index (κ2) is 7.25. The van der Waals surface area contributed by atoms with Crippen molar-refractivity contribution in [3.63, 3.8) is 0 Å². The first-order valence-corrected chi connectivity index (χ1v) is 6.78. The van der Waals surface area contributed by atoms with Crippen LogP contribution in [0.3, 0.4) is 0 Å². The van der Waals surface area contributed by atoms with Gasteiger partial charge in [0.2, 0.25) is 0 Å². The summed E-state index contributed by atoms with van der Waals surface area (Å²) in [7, 11) is 0. The van der Waals surface area contributed by atoms with Crippen LogP contribution < -0.4 is 5.32 Å². The maximum absolute atomic E-state index is 9.38. The second-order valence-electron chi connectivity index (χ2n) is 5.25. The molecule has 0 saturated carbocycles. The predicted octanol–water partition coefficient (Wildman–Crippen LogP) is 1.61. The molecule has 0 bridgehead atoms. The summed E-state index contributed by atoms with van der Waals surface area (Å²) >= 11 is 0. The maximum Gasteiger partial charge on any atom is 0.0610 e. The Balaban J connectivity index is 2.16. The van der Waals surface area contributed by atoms with Gasteiger partial charge in [0, 0.05) is 5.54 Å². The molecule has 1 aliphatic rings. The predicted molar refractivity (Wildman–Crippen MR) is 68.7 cm³/mol. The molecule has 3 heteroatoms. The zero-order chi connectivity index (χ0) is 11.9. The largest absolute Gasteiger partial charge is 0.394 e. The highest BCUT2D eigenvalue weighted by atomic mass is 16.3. The summed E-state index contributed by atoms with van der Waals surface area (Å²) in [4.78, 5) is 2.56. The van der Waals surface area contributed by atoms with Crippen LogP contribution in [0.25, 0.3) is 0 Å². The van der Waals surface area contributed by atoms with Gasteiger partial charge in [-0.3, -0.25) is 0 Å². The minimum absolute atomic E-state index is 0.0788. The van der Waals surface area contributed by atoms with Crippen molar-refractivity contribution in [1.82, 2.24) is 10.2 Å². The SMILES string of the molecule is CCNC(C)(CO)CCCN1CCCCC1. The van der Waals surface area contributed by atoms with Crippen LogP contribution >= 0.6 is 0 Å². The highest BCUT2D eigenvalue weighted by Gasteiger charge is 2.21. The van der Waals surface area contributed by atoms with Crippen LogP contribution in [0.2, 0.25) is 0 Å². The fraction of sp³-hybridized carbons (Fsp3) is 1.00. The van der Waals surface area contributed by atoms with Crippen molar-refractivity contribution in [3.05, 3.63) is 0 Å². The molecule has 96 valence electrons. The lowest BCUT2D eigenvalue weighted by molar-refractivity contribution is 0.154. The smallest absolute Gasteiger partial charge is 0.0610 e. The number of aliphatic hydroxyl groups excluding tert-OH is 1. The van der Waals surface area contributed by atoms with Crippen molar-refractivity contribution >= 4 is 0 Å². The molecule has 1 saturated heterocycles. The Morgan fingerprint density at radius 1 is 1.25 bits per heavy atom. The lowest BCUT2D eigenvalue weighted by atomic mass is 9.96. The van der Waals surface area contributed by atoms with E-state index in [-0.39, 0.29) is 12.1 Å². The van der Waals surface area contributed by atoms with Crippen LogP contribution in [0.4, 0.5) is 0 Å². The van der Waals surface area contributed by atoms with Crippen LogP contribution in [-0.4, -0.2) is 48.3 Å². The van der Waals surface area contributed by atoms with Gasteiger partial charge < -0.3 is 15.3 Å². The summed E-state index contributed by atoms with van der Waals surface area (Å²) in [5.74, 6) is 0. The van der Waals surface area contributed by atoms with Crippen molar-refractivity contribution in [2.75, 3.05) is 32.8 Å². The molecule has 1 aliphatic heterocycles. The summed E-state index contributed by atoms with van der Waals surface area (Å²) in [6, 6.07) is 0. The summed E-state index contributed by atoms with van der Waals surface area (Å²) in [5.41, 5.74) is -0.0788. The number of rotatable bonds is 7. The van der Waals surface area contributed by atoms with Gasteiger partial charge in [0.1, 0.15) is 0 Å². The van der Waals surface area contributed by atoms with Crippen LogP contribution in [0.1, 0.15) is 46.0 Å². The molecule has 0 aliphatic carbocycles. The zero-order valence-corrected chi connectivity index (χ0v) is 11.0. The number of nitrogens with zero attached hydrogens (tertiary/aromatic N) is 1. The van der Waals surface area contributed by atoms with Gasteiger partial charge in [0.15, 0.2) is 0 Å². The highest BCUT2D eigenvalue weighted by Crippen LogP contribution is 2.14. The Labute approximate surface area is 100 Å². The number of piperidine rings is 1. The van der Waals surface area contributed by atoms with E-state index in [9.17, 15) is 5.11 Å². The topological polar surface area (TPSA) is 35.5 Å². The number of likely N-dealkylation sites (tertiary alicyclic amines) is 1. The second-order valence-corrected chi connectivity index (χ2v) is 5.25. The van der Waals surface area contributed by atoms with E-state index in [2.05, 4.69) is 24.1 Å². The quantitative estimate of drug-likeness (QED) is 0.695. The van der Waals surface area contributed by atoms with Crippen molar-refractivity contribution in [1.29, 1.82) is 0 Å². The Morgan fingerprint density at radius 2 is 1.94 bits per heavy atom. The normalized spacial score (nSPS) is 21.9. The van der Waals surface area contributed by atoms with E-state index >= 15 is 0 Å². The van der Waals surface area contributed by atoms with Gasteiger partial charge in [0.25, 0.3) is 0 Å². The molecule has 1 rings (SSSR count). The van der Waals surface area contributed by atoms with Gasteiger partial charge >= 0.3 is 0 Å². The Hall–Kier alpha value is -0.120. The molecule has 1 fully saturated rings. The lowest BCUT2D eigenvalue weighted by Crippen LogP contribution is -2.46. The molecule has 1 unspecified atom stereocenters. The summed E-state index contributed by atoms with van der Waals surface area (Å²) < 4.78 is 0. The summed E-state index contributed by atoms with van der Waals surface area (Å²) in [6.45, 7) is 9.13. The van der Waals surface area contributed by atoms with E-state index in [4.69, 9.17) is 0 Å². The van der Waals surface area contributed by atoms with E-state index < -0.39 is 0 Å². The Bertz CT molecular complexity index is 181. The van der Waals surface area contributed by atoms with Gasteiger partial charge in [0.05, 0.1) is 6.61 Å². The van der Waals surface area contributed by atoms with Crippen molar-refractivity contribution in [2.45, 2.75) is 51.5 Å². The minimum Gasteiger partial charge on any atom is -0.394 e. The highest BCUT2D eigenvalue weighted by molar-refractivity contribution is 4.82. The van der Waals surface area contributed by atoms with Gasteiger partial charge in [-0.25, -0.2) is 0 Å². The first-order chi connectivity index (χ1) is 7.70. The van der Waals surface area contributed by atoms with Gasteiger partial charge in [-0.1, -0.05) is 13.3 Å². The number of aliphatic hydroxyl groups is 1. The number of hydrogen-bond donors (Lipinski definition) is 2. The zero-order valence-electron chi connectivity index (χ0n) is 11.0. The lowest BCUT2D eigenvalue weighted by Gasteiger charge is -2.31. The molecule has 0 radical (unpaired) electrons. The van der Waals surface area contributed by atoms with E-state index in [1.54, 1.807) is 0 Å². The molecule has 0 spiro atoms. The van der Waals surface area contributed by atoms with Gasteiger partial charge in [-0.2, -0.15) is 0 Å². The monoisotopic (exact) mass is 228 g/mol. The van der Waals surface area contributed by atoms with Crippen LogP contribution in [0, 0.1) is 0 Å². The number of nitrogens with one attached hydrogen (secondary N) is 1. The first-order valence-electron chi connectivity index (χ1n) is 6.78.